The second kappa shape index (κ2) is 11.9. The average molecular weight is 454 g/mol. The van der Waals surface area contributed by atoms with E-state index in [4.69, 9.17) is 4.98 Å². The molecular formula is C29H28FN3O. The molecule has 0 unspecified atom stereocenters. The first-order valence-corrected chi connectivity index (χ1v) is 11.7. The molecule has 5 heteroatoms. The maximum atomic E-state index is 13.6. The predicted octanol–water partition coefficient (Wildman–Crippen LogP) is 5.90. The zero-order chi connectivity index (χ0) is 23.6. The van der Waals surface area contributed by atoms with Crippen LogP contribution in [0.3, 0.4) is 0 Å². The summed E-state index contributed by atoms with van der Waals surface area (Å²) < 4.78 is 15.8. The molecule has 0 spiro atoms. The van der Waals surface area contributed by atoms with Crippen molar-refractivity contribution in [2.75, 3.05) is 6.61 Å². The van der Waals surface area contributed by atoms with Gasteiger partial charge in [-0.05, 0) is 67.1 Å². The highest BCUT2D eigenvalue weighted by atomic mass is 19.1. The van der Waals surface area contributed by atoms with Crippen LogP contribution in [-0.4, -0.2) is 26.2 Å². The van der Waals surface area contributed by atoms with E-state index in [1.165, 1.54) is 17.7 Å². The van der Waals surface area contributed by atoms with Crippen molar-refractivity contribution < 1.29 is 9.50 Å². The fourth-order valence-electron chi connectivity index (χ4n) is 4.00. The van der Waals surface area contributed by atoms with Crippen LogP contribution in [0.1, 0.15) is 37.1 Å². The minimum atomic E-state index is -0.282. The molecule has 2 aromatic heterocycles. The lowest BCUT2D eigenvalue weighted by Gasteiger charge is -2.12. The largest absolute Gasteiger partial charge is 0.395 e. The Hall–Kier alpha value is -3.75. The van der Waals surface area contributed by atoms with E-state index in [-0.39, 0.29) is 12.4 Å². The SMILES string of the molecule is OCCC#Cc1nc(-c2ccc(F)cc2)c(-c2ccncc2)n1CCCCCc1ccccc1. The van der Waals surface area contributed by atoms with Gasteiger partial charge in [-0.3, -0.25) is 4.98 Å². The summed E-state index contributed by atoms with van der Waals surface area (Å²) in [4.78, 5) is 9.03. The monoisotopic (exact) mass is 453 g/mol. The number of unbranched alkanes of at least 4 members (excludes halogenated alkanes) is 2. The van der Waals surface area contributed by atoms with Gasteiger partial charge in [-0.25, -0.2) is 9.37 Å². The maximum absolute atomic E-state index is 13.6. The molecule has 0 radical (unpaired) electrons. The van der Waals surface area contributed by atoms with E-state index in [0.717, 1.165) is 54.7 Å². The van der Waals surface area contributed by atoms with Gasteiger partial charge < -0.3 is 9.67 Å². The summed E-state index contributed by atoms with van der Waals surface area (Å²) in [7, 11) is 0. The zero-order valence-corrected chi connectivity index (χ0v) is 19.1. The van der Waals surface area contributed by atoms with E-state index < -0.39 is 0 Å². The summed E-state index contributed by atoms with van der Waals surface area (Å²) in [5, 5.41) is 9.18. The number of aliphatic hydroxyl groups is 1. The number of aliphatic hydroxyl groups excluding tert-OH is 1. The van der Waals surface area contributed by atoms with Gasteiger partial charge >= 0.3 is 0 Å². The van der Waals surface area contributed by atoms with Gasteiger partial charge in [-0.1, -0.05) is 42.7 Å². The van der Waals surface area contributed by atoms with Gasteiger partial charge in [0.15, 0.2) is 5.82 Å². The number of pyridine rings is 1. The number of rotatable bonds is 9. The Kier molecular flexibility index (Phi) is 8.21. The summed E-state index contributed by atoms with van der Waals surface area (Å²) in [6.45, 7) is 0.777. The first-order chi connectivity index (χ1) is 16.8. The van der Waals surface area contributed by atoms with Gasteiger partial charge in [0.2, 0.25) is 0 Å². The molecule has 1 N–H and O–H groups in total. The molecule has 4 aromatic rings. The molecule has 172 valence electrons. The van der Waals surface area contributed by atoms with Crippen LogP contribution in [0.15, 0.2) is 79.1 Å². The Labute approximate surface area is 200 Å². The van der Waals surface area contributed by atoms with Crippen LogP contribution in [-0.2, 0) is 13.0 Å². The lowest BCUT2D eigenvalue weighted by molar-refractivity contribution is 0.305. The third kappa shape index (κ3) is 5.98. The first kappa shape index (κ1) is 23.4. The minimum Gasteiger partial charge on any atom is -0.395 e. The summed E-state index contributed by atoms with van der Waals surface area (Å²) in [6, 6.07) is 20.9. The number of aryl methyl sites for hydroxylation is 1. The number of benzene rings is 2. The number of hydrogen-bond donors (Lipinski definition) is 1. The topological polar surface area (TPSA) is 50.9 Å². The third-order valence-electron chi connectivity index (χ3n) is 5.67. The van der Waals surface area contributed by atoms with Crippen LogP contribution in [0.25, 0.3) is 22.5 Å². The molecule has 0 aliphatic heterocycles. The van der Waals surface area contributed by atoms with Crippen molar-refractivity contribution in [1.29, 1.82) is 0 Å². The Balaban J connectivity index is 1.64. The van der Waals surface area contributed by atoms with Crippen LogP contribution in [0.4, 0.5) is 4.39 Å². The van der Waals surface area contributed by atoms with E-state index >= 15 is 0 Å². The highest BCUT2D eigenvalue weighted by Gasteiger charge is 2.19. The molecule has 34 heavy (non-hydrogen) atoms. The molecular weight excluding hydrogens is 425 g/mol. The quantitative estimate of drug-likeness (QED) is 0.254. The Morgan fingerprint density at radius 3 is 2.35 bits per heavy atom. The van der Waals surface area contributed by atoms with E-state index in [0.29, 0.717) is 12.2 Å². The van der Waals surface area contributed by atoms with Crippen LogP contribution in [0.2, 0.25) is 0 Å². The molecule has 0 saturated carbocycles. The number of imidazole rings is 1. The van der Waals surface area contributed by atoms with Gasteiger partial charge in [0.1, 0.15) is 5.82 Å². The Morgan fingerprint density at radius 1 is 0.853 bits per heavy atom. The smallest absolute Gasteiger partial charge is 0.186 e. The van der Waals surface area contributed by atoms with Crippen LogP contribution >= 0.6 is 0 Å². The van der Waals surface area contributed by atoms with Crippen molar-refractivity contribution in [3.8, 4) is 34.4 Å². The molecule has 2 heterocycles. The summed E-state index contributed by atoms with van der Waals surface area (Å²) in [5.41, 5.74) is 4.90. The van der Waals surface area contributed by atoms with E-state index in [1.807, 2.05) is 18.2 Å². The zero-order valence-electron chi connectivity index (χ0n) is 19.1. The summed E-state index contributed by atoms with van der Waals surface area (Å²) in [5.74, 6) is 6.53. The van der Waals surface area contributed by atoms with Crippen molar-refractivity contribution in [3.63, 3.8) is 0 Å². The van der Waals surface area contributed by atoms with E-state index in [9.17, 15) is 9.50 Å². The average Bonchev–Trinajstić information content (AvgIpc) is 3.24. The molecule has 2 aromatic carbocycles. The van der Waals surface area contributed by atoms with Gasteiger partial charge in [0, 0.05) is 36.5 Å². The van der Waals surface area contributed by atoms with Crippen molar-refractivity contribution in [2.24, 2.45) is 0 Å². The van der Waals surface area contributed by atoms with E-state index in [2.05, 4.69) is 45.7 Å². The second-order valence-corrected chi connectivity index (χ2v) is 8.10. The summed E-state index contributed by atoms with van der Waals surface area (Å²) in [6.07, 6.45) is 8.15. The number of nitrogens with zero attached hydrogens (tertiary/aromatic N) is 3. The van der Waals surface area contributed by atoms with Crippen molar-refractivity contribution in [1.82, 2.24) is 14.5 Å². The fourth-order valence-corrected chi connectivity index (χ4v) is 4.00. The molecule has 4 nitrogen and oxygen atoms in total. The lowest BCUT2D eigenvalue weighted by Crippen LogP contribution is -2.04. The van der Waals surface area contributed by atoms with Crippen molar-refractivity contribution in [2.45, 2.75) is 38.6 Å². The molecule has 0 saturated heterocycles. The van der Waals surface area contributed by atoms with Gasteiger partial charge in [-0.2, -0.15) is 0 Å². The van der Waals surface area contributed by atoms with Gasteiger partial charge in [0.25, 0.3) is 0 Å². The molecule has 0 amide bonds. The third-order valence-corrected chi connectivity index (χ3v) is 5.67. The number of aromatic nitrogens is 3. The Morgan fingerprint density at radius 2 is 1.62 bits per heavy atom. The molecule has 0 aliphatic carbocycles. The second-order valence-electron chi connectivity index (χ2n) is 8.10. The normalized spacial score (nSPS) is 10.6. The van der Waals surface area contributed by atoms with E-state index in [1.54, 1.807) is 24.5 Å². The van der Waals surface area contributed by atoms with Crippen molar-refractivity contribution >= 4 is 0 Å². The molecule has 4 rings (SSSR count). The summed E-state index contributed by atoms with van der Waals surface area (Å²) >= 11 is 0. The van der Waals surface area contributed by atoms with Crippen LogP contribution < -0.4 is 0 Å². The first-order valence-electron chi connectivity index (χ1n) is 11.7. The number of halogens is 1. The Bertz CT molecular complexity index is 1240. The molecule has 0 bridgehead atoms. The number of hydrogen-bond acceptors (Lipinski definition) is 3. The molecule has 0 aliphatic rings. The molecule has 0 atom stereocenters. The predicted molar refractivity (Wildman–Crippen MR) is 133 cm³/mol. The standard InChI is InChI=1S/C29H28FN3O/c30-26-15-13-24(14-16-26)28-29(25-17-19-31-20-18-25)33(27(32-28)12-6-8-22-34)21-7-2-5-11-23-9-3-1-4-10-23/h1,3-4,9-10,13-20,34H,2,5,7-8,11,21-22H2. The van der Waals surface area contributed by atoms with Crippen LogP contribution in [0, 0.1) is 17.7 Å². The minimum absolute atomic E-state index is 0.00915. The van der Waals surface area contributed by atoms with Crippen molar-refractivity contribution in [3.05, 3.63) is 96.3 Å². The maximum Gasteiger partial charge on any atom is 0.186 e. The van der Waals surface area contributed by atoms with Gasteiger partial charge in [0.05, 0.1) is 18.0 Å². The van der Waals surface area contributed by atoms with Gasteiger partial charge in [-0.15, -0.1) is 0 Å². The molecule has 0 fully saturated rings. The fraction of sp³-hybridized carbons (Fsp3) is 0.241. The highest BCUT2D eigenvalue weighted by Crippen LogP contribution is 2.33. The lowest BCUT2D eigenvalue weighted by atomic mass is 10.0. The highest BCUT2D eigenvalue weighted by molar-refractivity contribution is 5.79. The van der Waals surface area contributed by atoms with Crippen LogP contribution in [0.5, 0.6) is 0 Å².